The van der Waals surface area contributed by atoms with Crippen molar-refractivity contribution < 1.29 is 14.3 Å². The van der Waals surface area contributed by atoms with Gasteiger partial charge in [0.1, 0.15) is 0 Å². The molecular formula is C22H22N2O3S. The van der Waals surface area contributed by atoms with E-state index in [0.717, 1.165) is 18.5 Å². The monoisotopic (exact) mass is 394 g/mol. The number of ether oxygens (including phenoxy) is 1. The van der Waals surface area contributed by atoms with E-state index in [9.17, 15) is 9.59 Å². The maximum atomic E-state index is 13.0. The fourth-order valence-electron chi connectivity index (χ4n) is 2.74. The van der Waals surface area contributed by atoms with Gasteiger partial charge in [-0.2, -0.15) is 0 Å². The van der Waals surface area contributed by atoms with Gasteiger partial charge in [-0.15, -0.1) is 0 Å². The Labute approximate surface area is 169 Å². The minimum absolute atomic E-state index is 0.287. The summed E-state index contributed by atoms with van der Waals surface area (Å²) in [6, 6.07) is 15.7. The number of amidine groups is 1. The van der Waals surface area contributed by atoms with Crippen molar-refractivity contribution in [1.82, 2.24) is 0 Å². The lowest BCUT2D eigenvalue weighted by Gasteiger charge is -2.16. The van der Waals surface area contributed by atoms with Gasteiger partial charge in [0.2, 0.25) is 0 Å². The molecule has 0 aliphatic carbocycles. The predicted molar refractivity (Wildman–Crippen MR) is 114 cm³/mol. The quantitative estimate of drug-likeness (QED) is 0.548. The number of carbonyl (C=O) groups excluding carboxylic acids is 2. The number of hydrogen-bond acceptors (Lipinski definition) is 5. The molecule has 6 heteroatoms. The summed E-state index contributed by atoms with van der Waals surface area (Å²) in [5, 5.41) is 0.508. The highest BCUT2D eigenvalue weighted by Crippen LogP contribution is 2.36. The molecule has 0 saturated carbocycles. The number of amides is 1. The van der Waals surface area contributed by atoms with Crippen LogP contribution in [0.25, 0.3) is 0 Å². The molecule has 1 heterocycles. The molecule has 3 rings (SSSR count). The van der Waals surface area contributed by atoms with Gasteiger partial charge in [-0.1, -0.05) is 38.1 Å². The molecule has 1 aliphatic rings. The number of rotatable bonds is 5. The van der Waals surface area contributed by atoms with Crippen LogP contribution in [-0.2, 0) is 27.2 Å². The Balaban J connectivity index is 2.01. The van der Waals surface area contributed by atoms with Crippen LogP contribution in [0.1, 0.15) is 25.0 Å². The topological polar surface area (TPSA) is 59.0 Å². The number of thioether (sulfide) groups is 1. The SMILES string of the molecule is CCc1ccc(N=C2SC(=CC(=O)OC)C(=O)N2c2ccc(CC)cc2)cc1. The zero-order valence-electron chi connectivity index (χ0n) is 16.1. The minimum Gasteiger partial charge on any atom is -0.466 e. The van der Waals surface area contributed by atoms with Crippen LogP contribution in [0.3, 0.4) is 0 Å². The molecule has 1 amide bonds. The Kier molecular flexibility index (Phi) is 6.31. The van der Waals surface area contributed by atoms with Crippen LogP contribution in [0.5, 0.6) is 0 Å². The fourth-order valence-corrected chi connectivity index (χ4v) is 3.70. The molecule has 0 radical (unpaired) electrons. The average Bonchev–Trinajstić information content (AvgIpc) is 3.03. The second-order valence-corrected chi connectivity index (χ2v) is 7.22. The molecule has 0 N–H and O–H groups in total. The number of aliphatic imine (C=N–C) groups is 1. The Morgan fingerprint density at radius 3 is 2.14 bits per heavy atom. The Morgan fingerprint density at radius 1 is 1.04 bits per heavy atom. The summed E-state index contributed by atoms with van der Waals surface area (Å²) < 4.78 is 4.67. The number of methoxy groups -OCH3 is 1. The molecule has 0 atom stereocenters. The first-order valence-corrected chi connectivity index (χ1v) is 9.95. The molecule has 2 aromatic rings. The molecule has 0 unspecified atom stereocenters. The molecule has 144 valence electrons. The molecule has 1 saturated heterocycles. The zero-order valence-corrected chi connectivity index (χ0v) is 17.0. The van der Waals surface area contributed by atoms with Crippen LogP contribution >= 0.6 is 11.8 Å². The number of hydrogen-bond donors (Lipinski definition) is 0. The predicted octanol–water partition coefficient (Wildman–Crippen LogP) is 4.64. The van der Waals surface area contributed by atoms with Gasteiger partial charge >= 0.3 is 5.97 Å². The largest absolute Gasteiger partial charge is 0.466 e. The van der Waals surface area contributed by atoms with Crippen molar-refractivity contribution in [1.29, 1.82) is 0 Å². The van der Waals surface area contributed by atoms with Crippen molar-refractivity contribution in [3.05, 3.63) is 70.6 Å². The summed E-state index contributed by atoms with van der Waals surface area (Å²) in [6.07, 6.45) is 3.08. The molecule has 28 heavy (non-hydrogen) atoms. The van der Waals surface area contributed by atoms with E-state index < -0.39 is 5.97 Å². The summed E-state index contributed by atoms with van der Waals surface area (Å²) in [6.45, 7) is 4.17. The van der Waals surface area contributed by atoms with Gasteiger partial charge in [-0.05, 0) is 60.0 Å². The third kappa shape index (κ3) is 4.34. The van der Waals surface area contributed by atoms with Crippen LogP contribution < -0.4 is 4.90 Å². The van der Waals surface area contributed by atoms with Gasteiger partial charge in [0.25, 0.3) is 5.91 Å². The van der Waals surface area contributed by atoms with Crippen LogP contribution in [0.15, 0.2) is 64.5 Å². The number of esters is 1. The smallest absolute Gasteiger partial charge is 0.331 e. The first-order valence-electron chi connectivity index (χ1n) is 9.14. The van der Waals surface area contributed by atoms with Gasteiger partial charge in [0.15, 0.2) is 5.17 Å². The Bertz CT molecular complexity index is 931. The Morgan fingerprint density at radius 2 is 1.61 bits per heavy atom. The lowest BCUT2D eigenvalue weighted by molar-refractivity contribution is -0.135. The zero-order chi connectivity index (χ0) is 20.1. The van der Waals surface area contributed by atoms with E-state index in [-0.39, 0.29) is 10.8 Å². The van der Waals surface area contributed by atoms with E-state index in [1.807, 2.05) is 48.5 Å². The lowest BCUT2D eigenvalue weighted by Crippen LogP contribution is -2.28. The van der Waals surface area contributed by atoms with E-state index in [1.165, 1.54) is 41.0 Å². The summed E-state index contributed by atoms with van der Waals surface area (Å²) in [4.78, 5) is 31.1. The summed E-state index contributed by atoms with van der Waals surface area (Å²) in [5.74, 6) is -0.853. The van der Waals surface area contributed by atoms with E-state index in [2.05, 4.69) is 23.6 Å². The number of aryl methyl sites for hydroxylation is 2. The summed E-state index contributed by atoms with van der Waals surface area (Å²) >= 11 is 1.17. The molecule has 1 aliphatic heterocycles. The van der Waals surface area contributed by atoms with E-state index >= 15 is 0 Å². The normalized spacial score (nSPS) is 16.8. The van der Waals surface area contributed by atoms with Crippen LogP contribution in [-0.4, -0.2) is 24.2 Å². The molecule has 0 aromatic heterocycles. The summed E-state index contributed by atoms with van der Waals surface area (Å²) in [7, 11) is 1.29. The standard InChI is InChI=1S/C22H22N2O3S/c1-4-15-6-10-17(11-7-15)23-22-24(18-12-8-16(5-2)9-13-18)21(26)19(28-22)14-20(25)27-3/h6-14H,4-5H2,1-3H3. The highest BCUT2D eigenvalue weighted by Gasteiger charge is 2.35. The highest BCUT2D eigenvalue weighted by atomic mass is 32.2. The summed E-state index contributed by atoms with van der Waals surface area (Å²) in [5.41, 5.74) is 3.87. The number of nitrogens with zero attached hydrogens (tertiary/aromatic N) is 2. The third-order valence-corrected chi connectivity index (χ3v) is 5.40. The van der Waals surface area contributed by atoms with Gasteiger partial charge < -0.3 is 4.74 Å². The Hall–Kier alpha value is -2.86. The number of anilines is 1. The van der Waals surface area contributed by atoms with E-state index in [4.69, 9.17) is 0 Å². The molecule has 1 fully saturated rings. The average molecular weight is 394 g/mol. The van der Waals surface area contributed by atoms with E-state index in [0.29, 0.717) is 10.9 Å². The first-order chi connectivity index (χ1) is 13.5. The third-order valence-electron chi connectivity index (χ3n) is 4.43. The van der Waals surface area contributed by atoms with Gasteiger partial charge in [0.05, 0.1) is 23.4 Å². The molecule has 2 aromatic carbocycles. The maximum absolute atomic E-state index is 13.0. The number of carbonyl (C=O) groups is 2. The van der Waals surface area contributed by atoms with Crippen molar-refractivity contribution in [2.24, 2.45) is 4.99 Å². The van der Waals surface area contributed by atoms with E-state index in [1.54, 1.807) is 0 Å². The van der Waals surface area contributed by atoms with Crippen molar-refractivity contribution in [2.45, 2.75) is 26.7 Å². The second-order valence-electron chi connectivity index (χ2n) is 6.21. The van der Waals surface area contributed by atoms with Gasteiger partial charge in [-0.3, -0.25) is 9.69 Å². The number of benzene rings is 2. The van der Waals surface area contributed by atoms with Crippen LogP contribution in [0.2, 0.25) is 0 Å². The second kappa shape index (κ2) is 8.89. The van der Waals surface area contributed by atoms with Crippen molar-refractivity contribution in [3.8, 4) is 0 Å². The first kappa shape index (κ1) is 19.9. The highest BCUT2D eigenvalue weighted by molar-refractivity contribution is 8.19. The van der Waals surface area contributed by atoms with Gasteiger partial charge in [-0.25, -0.2) is 9.79 Å². The molecule has 0 bridgehead atoms. The van der Waals surface area contributed by atoms with Crippen molar-refractivity contribution in [3.63, 3.8) is 0 Å². The molecule has 5 nitrogen and oxygen atoms in total. The van der Waals surface area contributed by atoms with Gasteiger partial charge in [0, 0.05) is 6.08 Å². The minimum atomic E-state index is -0.564. The van der Waals surface area contributed by atoms with Crippen LogP contribution in [0, 0.1) is 0 Å². The van der Waals surface area contributed by atoms with Crippen molar-refractivity contribution in [2.75, 3.05) is 12.0 Å². The molecule has 0 spiro atoms. The lowest BCUT2D eigenvalue weighted by atomic mass is 10.1. The molecular weight excluding hydrogens is 372 g/mol. The maximum Gasteiger partial charge on any atom is 0.331 e. The van der Waals surface area contributed by atoms with Crippen molar-refractivity contribution >= 4 is 40.2 Å². The fraction of sp³-hybridized carbons (Fsp3) is 0.227. The van der Waals surface area contributed by atoms with Crippen LogP contribution in [0.4, 0.5) is 11.4 Å².